The molecular formula is C8H13N3O2. The Kier molecular flexibility index (Phi) is 2.67. The van der Waals surface area contributed by atoms with E-state index >= 15 is 0 Å². The molecule has 0 amide bonds. The first-order chi connectivity index (χ1) is 6.02. The molecule has 1 atom stereocenters. The largest absolute Gasteiger partial charge is 0.480 e. The van der Waals surface area contributed by atoms with Crippen LogP contribution in [0, 0.1) is 6.92 Å². The smallest absolute Gasteiger partial charge is 0.320 e. The van der Waals surface area contributed by atoms with E-state index in [0.29, 0.717) is 6.42 Å². The molecule has 1 heterocycles. The Morgan fingerprint density at radius 2 is 2.46 bits per heavy atom. The molecule has 5 heteroatoms. The average Bonchev–Trinajstić information content (AvgIpc) is 2.35. The number of nitrogens with zero attached hydrogens (tertiary/aromatic N) is 2. The minimum atomic E-state index is -0.986. The van der Waals surface area contributed by atoms with E-state index in [4.69, 9.17) is 10.8 Å². The van der Waals surface area contributed by atoms with Gasteiger partial charge in [0.15, 0.2) is 0 Å². The summed E-state index contributed by atoms with van der Waals surface area (Å²) in [5.41, 5.74) is 7.11. The molecule has 1 rings (SSSR count). The first-order valence-corrected chi connectivity index (χ1v) is 3.97. The number of rotatable bonds is 3. The van der Waals surface area contributed by atoms with Crippen molar-refractivity contribution in [1.82, 2.24) is 9.55 Å². The Morgan fingerprint density at radius 3 is 2.85 bits per heavy atom. The van der Waals surface area contributed by atoms with Crippen molar-refractivity contribution >= 4 is 5.97 Å². The minimum absolute atomic E-state index is 0.317. The van der Waals surface area contributed by atoms with E-state index in [9.17, 15) is 4.79 Å². The summed E-state index contributed by atoms with van der Waals surface area (Å²) in [7, 11) is 1.82. The molecule has 3 N–H and O–H groups in total. The van der Waals surface area contributed by atoms with Gasteiger partial charge >= 0.3 is 5.97 Å². The monoisotopic (exact) mass is 183 g/mol. The van der Waals surface area contributed by atoms with Crippen LogP contribution in [0.4, 0.5) is 0 Å². The number of carbonyl (C=O) groups is 1. The third-order valence-corrected chi connectivity index (χ3v) is 2.00. The Morgan fingerprint density at radius 1 is 1.85 bits per heavy atom. The summed E-state index contributed by atoms with van der Waals surface area (Å²) in [5.74, 6) is -0.986. The van der Waals surface area contributed by atoms with Gasteiger partial charge in [-0.15, -0.1) is 0 Å². The summed E-state index contributed by atoms with van der Waals surface area (Å²) in [6.07, 6.45) is 1.97. The van der Waals surface area contributed by atoms with Gasteiger partial charge in [-0.25, -0.2) is 4.98 Å². The zero-order chi connectivity index (χ0) is 10.0. The standard InChI is InChI=1S/C8H13N3O2/c1-5-7(11(2)4-10-5)3-6(9)8(12)13/h4,6H,3,9H2,1-2H3,(H,12,13)/t6-/m0/s1. The van der Waals surface area contributed by atoms with Gasteiger partial charge in [0.25, 0.3) is 0 Å². The third-order valence-electron chi connectivity index (χ3n) is 2.00. The van der Waals surface area contributed by atoms with E-state index < -0.39 is 12.0 Å². The summed E-state index contributed by atoms with van der Waals surface area (Å²) in [6, 6.07) is -0.853. The Balaban J connectivity index is 2.79. The Hall–Kier alpha value is -1.36. The maximum Gasteiger partial charge on any atom is 0.320 e. The lowest BCUT2D eigenvalue weighted by Crippen LogP contribution is -2.33. The van der Waals surface area contributed by atoms with Crippen molar-refractivity contribution < 1.29 is 9.90 Å². The fraction of sp³-hybridized carbons (Fsp3) is 0.500. The highest BCUT2D eigenvalue weighted by atomic mass is 16.4. The summed E-state index contributed by atoms with van der Waals surface area (Å²) in [4.78, 5) is 14.5. The second-order valence-corrected chi connectivity index (χ2v) is 3.04. The van der Waals surface area contributed by atoms with E-state index in [1.807, 2.05) is 14.0 Å². The highest BCUT2D eigenvalue weighted by Crippen LogP contribution is 2.06. The number of hydrogen-bond donors (Lipinski definition) is 2. The molecule has 5 nitrogen and oxygen atoms in total. The normalized spacial score (nSPS) is 12.8. The average molecular weight is 183 g/mol. The molecule has 0 fully saturated rings. The molecule has 0 aromatic carbocycles. The zero-order valence-corrected chi connectivity index (χ0v) is 7.69. The van der Waals surface area contributed by atoms with E-state index in [2.05, 4.69) is 4.98 Å². The molecule has 0 spiro atoms. The van der Waals surface area contributed by atoms with Gasteiger partial charge in [0.2, 0.25) is 0 Å². The van der Waals surface area contributed by atoms with Crippen molar-refractivity contribution in [3.8, 4) is 0 Å². The van der Waals surface area contributed by atoms with Crippen molar-refractivity contribution in [3.05, 3.63) is 17.7 Å². The number of carboxylic acids is 1. The predicted octanol–water partition coefficient (Wildman–Crippen LogP) is -0.317. The van der Waals surface area contributed by atoms with Crippen LogP contribution in [0.25, 0.3) is 0 Å². The maximum absolute atomic E-state index is 10.5. The van der Waals surface area contributed by atoms with Gasteiger partial charge in [0.05, 0.1) is 12.0 Å². The molecule has 0 aliphatic heterocycles. The quantitative estimate of drug-likeness (QED) is 0.673. The van der Waals surface area contributed by atoms with Gasteiger partial charge in [-0.2, -0.15) is 0 Å². The third kappa shape index (κ3) is 2.06. The van der Waals surface area contributed by atoms with Crippen LogP contribution in [0.5, 0.6) is 0 Å². The zero-order valence-electron chi connectivity index (χ0n) is 7.69. The fourth-order valence-electron chi connectivity index (χ4n) is 1.16. The van der Waals surface area contributed by atoms with Crippen molar-refractivity contribution in [2.75, 3.05) is 0 Å². The fourth-order valence-corrected chi connectivity index (χ4v) is 1.16. The van der Waals surface area contributed by atoms with Crippen LogP contribution in [-0.4, -0.2) is 26.7 Å². The van der Waals surface area contributed by atoms with Crippen LogP contribution in [0.3, 0.4) is 0 Å². The van der Waals surface area contributed by atoms with Crippen LogP contribution in [0.15, 0.2) is 6.33 Å². The molecule has 0 bridgehead atoms. The molecule has 1 aromatic rings. The summed E-state index contributed by atoms with van der Waals surface area (Å²) >= 11 is 0. The molecule has 0 aliphatic carbocycles. The molecule has 13 heavy (non-hydrogen) atoms. The lowest BCUT2D eigenvalue weighted by molar-refractivity contribution is -0.138. The van der Waals surface area contributed by atoms with Gasteiger partial charge < -0.3 is 15.4 Å². The second-order valence-electron chi connectivity index (χ2n) is 3.04. The number of hydrogen-bond acceptors (Lipinski definition) is 3. The van der Waals surface area contributed by atoms with Crippen LogP contribution >= 0.6 is 0 Å². The SMILES string of the molecule is Cc1ncn(C)c1C[C@H](N)C(=O)O. The first kappa shape index (κ1) is 9.73. The number of nitrogens with two attached hydrogens (primary N) is 1. The molecule has 1 aromatic heterocycles. The number of carboxylic acid groups (broad SMARTS) is 1. The van der Waals surface area contributed by atoms with Gasteiger partial charge in [0, 0.05) is 19.2 Å². The second kappa shape index (κ2) is 3.57. The minimum Gasteiger partial charge on any atom is -0.480 e. The van der Waals surface area contributed by atoms with Crippen LogP contribution < -0.4 is 5.73 Å². The van der Waals surface area contributed by atoms with E-state index in [0.717, 1.165) is 11.4 Å². The van der Waals surface area contributed by atoms with E-state index in [-0.39, 0.29) is 0 Å². The van der Waals surface area contributed by atoms with E-state index in [1.54, 1.807) is 10.9 Å². The van der Waals surface area contributed by atoms with Crippen molar-refractivity contribution in [2.45, 2.75) is 19.4 Å². The van der Waals surface area contributed by atoms with Crippen LogP contribution in [-0.2, 0) is 18.3 Å². The lowest BCUT2D eigenvalue weighted by Gasteiger charge is -2.07. The highest BCUT2D eigenvalue weighted by molar-refractivity contribution is 5.73. The maximum atomic E-state index is 10.5. The number of imidazole rings is 1. The Labute approximate surface area is 76.2 Å². The van der Waals surface area contributed by atoms with Gasteiger partial charge in [-0.1, -0.05) is 0 Å². The van der Waals surface area contributed by atoms with Crippen LogP contribution in [0.1, 0.15) is 11.4 Å². The highest BCUT2D eigenvalue weighted by Gasteiger charge is 2.15. The number of aromatic nitrogens is 2. The number of aryl methyl sites for hydroxylation is 2. The molecule has 0 unspecified atom stereocenters. The first-order valence-electron chi connectivity index (χ1n) is 3.97. The van der Waals surface area contributed by atoms with Gasteiger partial charge in [0.1, 0.15) is 6.04 Å². The summed E-state index contributed by atoms with van der Waals surface area (Å²) in [5, 5.41) is 8.61. The van der Waals surface area contributed by atoms with Gasteiger partial charge in [-0.3, -0.25) is 4.79 Å². The molecule has 0 aliphatic rings. The van der Waals surface area contributed by atoms with Crippen molar-refractivity contribution in [2.24, 2.45) is 12.8 Å². The van der Waals surface area contributed by atoms with Crippen molar-refractivity contribution in [1.29, 1.82) is 0 Å². The Bertz CT molecular complexity index is 300. The van der Waals surface area contributed by atoms with Crippen molar-refractivity contribution in [3.63, 3.8) is 0 Å². The van der Waals surface area contributed by atoms with Crippen LogP contribution in [0.2, 0.25) is 0 Å². The molecule has 0 radical (unpaired) electrons. The van der Waals surface area contributed by atoms with E-state index in [1.165, 1.54) is 0 Å². The molecule has 72 valence electrons. The summed E-state index contributed by atoms with van der Waals surface area (Å²) in [6.45, 7) is 1.84. The number of aliphatic carboxylic acids is 1. The summed E-state index contributed by atoms with van der Waals surface area (Å²) < 4.78 is 1.79. The molecular weight excluding hydrogens is 170 g/mol. The molecule has 0 saturated carbocycles. The predicted molar refractivity (Wildman–Crippen MR) is 47.3 cm³/mol. The van der Waals surface area contributed by atoms with Gasteiger partial charge in [-0.05, 0) is 6.92 Å². The lowest BCUT2D eigenvalue weighted by atomic mass is 10.1. The molecule has 0 saturated heterocycles. The topological polar surface area (TPSA) is 81.1 Å².